The average molecular weight is 360 g/mol. The van der Waals surface area contributed by atoms with Crippen molar-refractivity contribution in [1.82, 2.24) is 19.6 Å². The first-order chi connectivity index (χ1) is 12.0. The minimum Gasteiger partial charge on any atom is -0.360 e. The Morgan fingerprint density at radius 2 is 2.08 bits per heavy atom. The van der Waals surface area contributed by atoms with Crippen molar-refractivity contribution in [2.24, 2.45) is 7.05 Å². The summed E-state index contributed by atoms with van der Waals surface area (Å²) >= 11 is 5.99. The lowest BCUT2D eigenvalue weighted by Crippen LogP contribution is -2.36. The van der Waals surface area contributed by atoms with Crippen LogP contribution in [0, 0.1) is 6.92 Å². The van der Waals surface area contributed by atoms with Gasteiger partial charge < -0.3 is 14.0 Å². The van der Waals surface area contributed by atoms with Gasteiger partial charge in [0.2, 0.25) is 0 Å². The van der Waals surface area contributed by atoms with Crippen molar-refractivity contribution in [2.45, 2.75) is 13.0 Å². The summed E-state index contributed by atoms with van der Waals surface area (Å²) in [5.74, 6) is 1.72. The molecule has 7 nitrogen and oxygen atoms in total. The zero-order valence-electron chi connectivity index (χ0n) is 14.1. The van der Waals surface area contributed by atoms with Crippen LogP contribution in [0.5, 0.6) is 0 Å². The Balaban J connectivity index is 1.92. The van der Waals surface area contributed by atoms with Crippen LogP contribution in [0.15, 0.2) is 47.2 Å². The topological polar surface area (TPSA) is 76.2 Å². The number of halogens is 1. The molecule has 0 saturated heterocycles. The third kappa shape index (κ3) is 3.66. The van der Waals surface area contributed by atoms with Gasteiger partial charge in [0.05, 0.1) is 0 Å². The highest BCUT2D eigenvalue weighted by Crippen LogP contribution is 2.28. The second-order valence-electron chi connectivity index (χ2n) is 5.71. The van der Waals surface area contributed by atoms with Crippen LogP contribution < -0.4 is 5.32 Å². The number of urea groups is 1. The van der Waals surface area contributed by atoms with Gasteiger partial charge in [0.25, 0.3) is 0 Å². The Morgan fingerprint density at radius 3 is 2.64 bits per heavy atom. The summed E-state index contributed by atoms with van der Waals surface area (Å²) in [7, 11) is 3.59. The predicted molar refractivity (Wildman–Crippen MR) is 94.5 cm³/mol. The van der Waals surface area contributed by atoms with Crippen molar-refractivity contribution < 1.29 is 9.32 Å². The molecule has 0 aliphatic heterocycles. The molecule has 3 rings (SSSR count). The molecule has 0 radical (unpaired) electrons. The minimum absolute atomic E-state index is 0.323. The van der Waals surface area contributed by atoms with Crippen LogP contribution in [0.2, 0.25) is 5.02 Å². The Bertz CT molecular complexity index is 871. The van der Waals surface area contributed by atoms with Gasteiger partial charge in [0, 0.05) is 37.6 Å². The highest BCUT2D eigenvalue weighted by molar-refractivity contribution is 6.30. The number of nitrogens with zero attached hydrogens (tertiary/aromatic N) is 4. The molecule has 1 aromatic carbocycles. The lowest BCUT2D eigenvalue weighted by atomic mass is 10.1. The lowest BCUT2D eigenvalue weighted by molar-refractivity contribution is 0.209. The molecule has 0 aliphatic rings. The second-order valence-corrected chi connectivity index (χ2v) is 6.15. The summed E-state index contributed by atoms with van der Waals surface area (Å²) in [6.45, 7) is 1.76. The number of hydrogen-bond acceptors (Lipinski definition) is 4. The van der Waals surface area contributed by atoms with Crippen LogP contribution >= 0.6 is 11.6 Å². The van der Waals surface area contributed by atoms with E-state index in [2.05, 4.69) is 15.5 Å². The van der Waals surface area contributed by atoms with E-state index in [-0.39, 0.29) is 12.1 Å². The Labute approximate surface area is 150 Å². The van der Waals surface area contributed by atoms with Gasteiger partial charge in [-0.3, -0.25) is 5.32 Å². The molecule has 8 heteroatoms. The van der Waals surface area contributed by atoms with E-state index in [1.165, 1.54) is 0 Å². The molecule has 0 unspecified atom stereocenters. The quantitative estimate of drug-likeness (QED) is 0.771. The maximum atomic E-state index is 12.7. The van der Waals surface area contributed by atoms with Crippen molar-refractivity contribution in [3.63, 3.8) is 0 Å². The molecule has 25 heavy (non-hydrogen) atoms. The molecule has 1 N–H and O–H groups in total. The highest BCUT2D eigenvalue weighted by atomic mass is 35.5. The molecule has 0 saturated carbocycles. The maximum Gasteiger partial charge on any atom is 0.323 e. The Hall–Kier alpha value is -2.80. The molecule has 2 heterocycles. The fraction of sp³-hybridized carbons (Fsp3) is 0.235. The van der Waals surface area contributed by atoms with E-state index in [0.717, 1.165) is 11.4 Å². The molecule has 2 amide bonds. The lowest BCUT2D eigenvalue weighted by Gasteiger charge is -2.28. The summed E-state index contributed by atoms with van der Waals surface area (Å²) in [5.41, 5.74) is 0.896. The first-order valence-electron chi connectivity index (χ1n) is 7.65. The summed E-state index contributed by atoms with van der Waals surface area (Å²) in [6, 6.07) is 8.29. The molecular weight excluding hydrogens is 342 g/mol. The number of aryl methyl sites for hydroxylation is 2. The number of rotatable bonds is 4. The van der Waals surface area contributed by atoms with Crippen LogP contribution in [0.3, 0.4) is 0 Å². The standard InChI is InChI=1S/C17H18ClN5O2/c1-11-10-14(21-25-11)20-17(24)23(3)15(16-19-8-9-22(16)2)12-4-6-13(18)7-5-12/h4-10,15H,1-3H3,(H,20,21,24)/t15-/m0/s1. The van der Waals surface area contributed by atoms with Crippen molar-refractivity contribution in [1.29, 1.82) is 0 Å². The summed E-state index contributed by atoms with van der Waals surface area (Å²) < 4.78 is 6.86. The third-order valence-corrected chi connectivity index (χ3v) is 4.11. The molecule has 2 aromatic heterocycles. The molecule has 0 spiro atoms. The Morgan fingerprint density at radius 1 is 1.36 bits per heavy atom. The largest absolute Gasteiger partial charge is 0.360 e. The van der Waals surface area contributed by atoms with Crippen LogP contribution in [-0.2, 0) is 7.05 Å². The molecule has 0 fully saturated rings. The number of nitrogens with one attached hydrogen (secondary N) is 1. The average Bonchev–Trinajstić information content (AvgIpc) is 3.18. The maximum absolute atomic E-state index is 12.7. The highest BCUT2D eigenvalue weighted by Gasteiger charge is 2.27. The molecule has 130 valence electrons. The van der Waals surface area contributed by atoms with Crippen molar-refractivity contribution in [3.8, 4) is 0 Å². The zero-order valence-corrected chi connectivity index (χ0v) is 14.9. The zero-order chi connectivity index (χ0) is 18.0. The second kappa shape index (κ2) is 6.98. The number of carbonyl (C=O) groups is 1. The molecule has 0 aliphatic carbocycles. The van der Waals surface area contributed by atoms with Crippen molar-refractivity contribution in [2.75, 3.05) is 12.4 Å². The van der Waals surface area contributed by atoms with Gasteiger partial charge in [-0.2, -0.15) is 0 Å². The van der Waals surface area contributed by atoms with E-state index < -0.39 is 0 Å². The smallest absolute Gasteiger partial charge is 0.323 e. The number of aromatic nitrogens is 3. The van der Waals surface area contributed by atoms with E-state index in [1.54, 1.807) is 43.3 Å². The fourth-order valence-corrected chi connectivity index (χ4v) is 2.70. The van der Waals surface area contributed by atoms with Gasteiger partial charge in [0.1, 0.15) is 17.6 Å². The van der Waals surface area contributed by atoms with Gasteiger partial charge in [-0.25, -0.2) is 9.78 Å². The Kier molecular flexibility index (Phi) is 4.76. The van der Waals surface area contributed by atoms with E-state index in [9.17, 15) is 4.79 Å². The summed E-state index contributed by atoms with van der Waals surface area (Å²) in [5, 5.41) is 7.15. The molecular formula is C17H18ClN5O2. The predicted octanol–water partition coefficient (Wildman–Crippen LogP) is 3.62. The van der Waals surface area contributed by atoms with Gasteiger partial charge in [-0.15, -0.1) is 0 Å². The summed E-state index contributed by atoms with van der Waals surface area (Å²) in [4.78, 5) is 18.6. The third-order valence-electron chi connectivity index (χ3n) is 3.86. The fourth-order valence-electron chi connectivity index (χ4n) is 2.57. The van der Waals surface area contributed by atoms with Gasteiger partial charge in [-0.05, 0) is 24.6 Å². The van der Waals surface area contributed by atoms with Gasteiger partial charge >= 0.3 is 6.03 Å². The van der Waals surface area contributed by atoms with Crippen LogP contribution in [0.25, 0.3) is 0 Å². The van der Waals surface area contributed by atoms with Crippen LogP contribution in [-0.4, -0.2) is 32.7 Å². The van der Waals surface area contributed by atoms with Crippen LogP contribution in [0.1, 0.15) is 23.2 Å². The minimum atomic E-state index is -0.384. The van der Waals surface area contributed by atoms with Gasteiger partial charge in [-0.1, -0.05) is 28.9 Å². The number of hydrogen-bond donors (Lipinski definition) is 1. The first kappa shape index (κ1) is 17.0. The molecule has 0 bridgehead atoms. The first-order valence-corrected chi connectivity index (χ1v) is 8.03. The van der Waals surface area contributed by atoms with Crippen molar-refractivity contribution >= 4 is 23.4 Å². The number of amides is 2. The number of carbonyl (C=O) groups excluding carboxylic acids is 1. The monoisotopic (exact) mass is 359 g/mol. The van der Waals surface area contributed by atoms with Crippen molar-refractivity contribution in [3.05, 3.63) is 64.9 Å². The summed E-state index contributed by atoms with van der Waals surface area (Å²) in [6.07, 6.45) is 3.54. The molecule has 1 atom stereocenters. The number of anilines is 1. The number of imidazole rings is 1. The van der Waals surface area contributed by atoms with E-state index >= 15 is 0 Å². The van der Waals surface area contributed by atoms with Crippen LogP contribution in [0.4, 0.5) is 10.6 Å². The van der Waals surface area contributed by atoms with E-state index in [4.69, 9.17) is 16.1 Å². The number of benzene rings is 1. The van der Waals surface area contributed by atoms with Gasteiger partial charge in [0.15, 0.2) is 5.82 Å². The normalized spacial score (nSPS) is 12.0. The van der Waals surface area contributed by atoms with E-state index in [0.29, 0.717) is 16.6 Å². The molecule has 3 aromatic rings. The SMILES string of the molecule is Cc1cc(NC(=O)N(C)[C@@H](c2ccc(Cl)cc2)c2nccn2C)no1. The van der Waals surface area contributed by atoms with E-state index in [1.807, 2.05) is 29.9 Å².